The molecule has 0 aromatic carbocycles. The predicted octanol–water partition coefficient (Wildman–Crippen LogP) is 17.2. The summed E-state index contributed by atoms with van der Waals surface area (Å²) >= 11 is 0. The van der Waals surface area contributed by atoms with E-state index in [0.29, 0.717) is 101 Å². The second-order valence-electron chi connectivity index (χ2n) is 35.8. The molecule has 0 saturated heterocycles. The number of hydrogen-bond acceptors (Lipinski definition) is 15. The lowest BCUT2D eigenvalue weighted by atomic mass is 9.47. The van der Waals surface area contributed by atoms with Crippen LogP contribution in [0.25, 0.3) is 0 Å². The molecule has 99 heavy (non-hydrogen) atoms. The number of esters is 6. The highest BCUT2D eigenvalue weighted by Crippen LogP contribution is 2.65. The second kappa shape index (κ2) is 30.5. The number of hydrogen-bond donors (Lipinski definition) is 3. The minimum atomic E-state index is -0.858. The average molecular weight is 1380 g/mol. The van der Waals surface area contributed by atoms with E-state index >= 15 is 0 Å². The highest BCUT2D eigenvalue weighted by molar-refractivity contribution is 5.89. The Hall–Kier alpha value is -4.86. The normalized spacial score (nSPS) is 39.0. The van der Waals surface area contributed by atoms with Crippen molar-refractivity contribution in [2.24, 2.45) is 71.0 Å². The Morgan fingerprint density at radius 1 is 0.343 bits per heavy atom. The predicted molar refractivity (Wildman–Crippen MR) is 384 cm³/mol. The quantitative estimate of drug-likeness (QED) is 0.0744. The van der Waals surface area contributed by atoms with Gasteiger partial charge in [-0.2, -0.15) is 0 Å². The summed E-state index contributed by atoms with van der Waals surface area (Å²) in [5.74, 6) is 6.26. The molecule has 554 valence electrons. The van der Waals surface area contributed by atoms with E-state index in [0.717, 1.165) is 114 Å². The molecule has 0 amide bonds. The fourth-order valence-corrected chi connectivity index (χ4v) is 23.5. The minimum Gasteiger partial charge on any atom is -0.456 e. The third-order valence-electron chi connectivity index (χ3n) is 26.8. The van der Waals surface area contributed by atoms with Crippen molar-refractivity contribution in [1.82, 2.24) is 0 Å². The lowest BCUT2D eigenvalue weighted by Crippen LogP contribution is -2.66. The van der Waals surface area contributed by atoms with Gasteiger partial charge in [-0.15, -0.1) is 0 Å². The molecule has 0 spiro atoms. The third kappa shape index (κ3) is 17.5. The van der Waals surface area contributed by atoms with Crippen LogP contribution in [0.2, 0.25) is 0 Å². The number of carbonyl (C=O) groups is 6. The maximum atomic E-state index is 12.1. The van der Waals surface area contributed by atoms with Crippen LogP contribution in [0.4, 0.5) is 0 Å². The molecule has 18 rings (SSSR count). The van der Waals surface area contributed by atoms with Gasteiger partial charge in [-0.25, -0.2) is 28.8 Å². The molecule has 3 N–H and O–H groups in total. The highest BCUT2D eigenvalue weighted by atomic mass is 16.6. The Morgan fingerprint density at radius 2 is 0.646 bits per heavy atom. The Kier molecular flexibility index (Phi) is 24.1. The van der Waals surface area contributed by atoms with Gasteiger partial charge in [-0.05, 0) is 299 Å². The van der Waals surface area contributed by atoms with Gasteiger partial charge in [-0.1, -0.05) is 80.5 Å². The van der Waals surface area contributed by atoms with Gasteiger partial charge in [0.2, 0.25) is 0 Å². The first kappa shape index (κ1) is 78.3. The van der Waals surface area contributed by atoms with Crippen LogP contribution < -0.4 is 0 Å². The summed E-state index contributed by atoms with van der Waals surface area (Å²) in [6, 6.07) is 0. The van der Waals surface area contributed by atoms with Crippen molar-refractivity contribution in [3.05, 3.63) is 72.9 Å². The molecule has 4 unspecified atom stereocenters. The molecule has 18 aliphatic rings. The number of carbonyl (C=O) groups excluding carboxylic acids is 6. The lowest BCUT2D eigenvalue weighted by Gasteiger charge is -2.62. The Labute approximate surface area is 594 Å². The van der Waals surface area contributed by atoms with Gasteiger partial charge in [0.15, 0.2) is 0 Å². The second-order valence-corrected chi connectivity index (χ2v) is 35.8. The maximum Gasteiger partial charge on any atom is 0.333 e. The first-order chi connectivity index (χ1) is 46.3. The van der Waals surface area contributed by atoms with Crippen molar-refractivity contribution in [3.8, 4) is 0 Å². The molecule has 0 aromatic rings. The van der Waals surface area contributed by atoms with Crippen molar-refractivity contribution in [3.63, 3.8) is 0 Å². The van der Waals surface area contributed by atoms with Crippen LogP contribution in [-0.2, 0) is 57.2 Å². The van der Waals surface area contributed by atoms with Crippen molar-refractivity contribution < 1.29 is 72.5 Å². The number of ether oxygens (including phenoxy) is 6. The van der Waals surface area contributed by atoms with E-state index in [1.165, 1.54) is 103 Å². The van der Waals surface area contributed by atoms with E-state index in [1.54, 1.807) is 41.5 Å². The molecule has 0 heterocycles. The van der Waals surface area contributed by atoms with Crippen molar-refractivity contribution >= 4 is 35.8 Å². The number of rotatable bonds is 16. The van der Waals surface area contributed by atoms with Gasteiger partial charge in [0.05, 0.1) is 16.8 Å². The fourth-order valence-electron chi connectivity index (χ4n) is 23.5. The average Bonchev–Trinajstić information content (AvgIpc) is 1.09. The Balaban J connectivity index is 0.000000140. The highest BCUT2D eigenvalue weighted by Gasteiger charge is 2.66. The first-order valence-corrected chi connectivity index (χ1v) is 38.8. The summed E-state index contributed by atoms with van der Waals surface area (Å²) in [6.07, 6.45) is 35.0. The van der Waals surface area contributed by atoms with Crippen LogP contribution in [0.1, 0.15) is 294 Å². The van der Waals surface area contributed by atoms with E-state index in [4.69, 9.17) is 28.4 Å². The molecule has 4 atom stereocenters. The van der Waals surface area contributed by atoms with E-state index in [2.05, 4.69) is 74.1 Å². The molecule has 0 radical (unpaired) electrons. The van der Waals surface area contributed by atoms with Crippen molar-refractivity contribution in [2.45, 2.75) is 345 Å². The molecule has 18 saturated carbocycles. The van der Waals surface area contributed by atoms with E-state index in [-0.39, 0.29) is 58.2 Å². The van der Waals surface area contributed by atoms with Crippen molar-refractivity contribution in [2.75, 3.05) is 0 Å². The van der Waals surface area contributed by atoms with E-state index in [1.807, 2.05) is 0 Å². The van der Waals surface area contributed by atoms with Crippen LogP contribution >= 0.6 is 0 Å². The monoisotopic (exact) mass is 1380 g/mol. The molecule has 18 fully saturated rings. The molecular formula is C84H128O15. The Morgan fingerprint density at radius 3 is 0.990 bits per heavy atom. The topological polar surface area (TPSA) is 218 Å². The largest absolute Gasteiger partial charge is 0.456 e. The maximum absolute atomic E-state index is 12.1. The zero-order chi connectivity index (χ0) is 72.6. The van der Waals surface area contributed by atoms with Gasteiger partial charge >= 0.3 is 35.8 Å². The fraction of sp³-hybridized carbons (Fsp3) is 0.786. The molecule has 0 aliphatic heterocycles. The molecule has 0 aromatic heterocycles. The zero-order valence-electron chi connectivity index (χ0n) is 63.0. The van der Waals surface area contributed by atoms with Gasteiger partial charge in [0, 0.05) is 59.1 Å². The summed E-state index contributed by atoms with van der Waals surface area (Å²) in [5, 5.41) is 31.5. The summed E-state index contributed by atoms with van der Waals surface area (Å²) in [6.45, 7) is 42.9. The van der Waals surface area contributed by atoms with Crippen LogP contribution in [0.5, 0.6) is 0 Å². The Bertz CT molecular complexity index is 2980. The summed E-state index contributed by atoms with van der Waals surface area (Å²) in [4.78, 5) is 70.4. The van der Waals surface area contributed by atoms with Gasteiger partial charge in [0.25, 0.3) is 0 Å². The van der Waals surface area contributed by atoms with Crippen molar-refractivity contribution in [1.29, 1.82) is 0 Å². The summed E-state index contributed by atoms with van der Waals surface area (Å²) in [5.41, 5.74) is -1.19. The minimum absolute atomic E-state index is 0.163. The van der Waals surface area contributed by atoms with Gasteiger partial charge < -0.3 is 43.7 Å². The standard InChI is InChI=1S/C17H26O2.C16H24O2.C14H20O4.C14H20O3.C12H20O2.C11H18O2/c1-10(2)16(18)19-17(11(3)4)14-6-12-5-13(8-14)9-15(17)7-12;1-4-16(18-15(17)10(2)3)13-6-11-5-12(8-13)9-14(16)7-11;1-9(2)11(15)18-14-5-10-3-12(16,7-14)6-13(17,4-10)8-14;1-9(2)12(15)17-14-6-10-3-11(7-14)5-13(16,4-10)8-14;1-4-12(8-6-5-7-9-12)14-11(13)10(2)3;1-4-11(7-5-6-8-11)13-10(12)9(2)3/h11-15H,1,5-9H2,2-4H3;11-14H,2,4-9H2,1,3H3;10,16-17H,1,3-8H2,2H3;10-11,16H,1,3-8H2,2H3;2,4-9H2,1,3H3;2,4-8H2,1,3H3. The third-order valence-corrected chi connectivity index (χ3v) is 26.8. The summed E-state index contributed by atoms with van der Waals surface area (Å²) in [7, 11) is 0. The molecule has 15 heteroatoms. The summed E-state index contributed by atoms with van der Waals surface area (Å²) < 4.78 is 34.4. The molecule has 18 aliphatic carbocycles. The smallest absolute Gasteiger partial charge is 0.333 e. The van der Waals surface area contributed by atoms with Gasteiger partial charge in [-0.3, -0.25) is 0 Å². The van der Waals surface area contributed by atoms with E-state index < -0.39 is 34.0 Å². The molecule has 16 bridgehead atoms. The van der Waals surface area contributed by atoms with Crippen LogP contribution in [-0.4, -0.2) is 102 Å². The molecule has 15 nitrogen and oxygen atoms in total. The molecular weight excluding hydrogens is 1250 g/mol. The lowest BCUT2D eigenvalue weighted by molar-refractivity contribution is -0.260. The van der Waals surface area contributed by atoms with Gasteiger partial charge in [0.1, 0.15) is 33.6 Å². The first-order valence-electron chi connectivity index (χ1n) is 38.8. The van der Waals surface area contributed by atoms with E-state index in [9.17, 15) is 44.1 Å². The zero-order valence-corrected chi connectivity index (χ0v) is 63.0. The number of aliphatic hydroxyl groups is 3. The van der Waals surface area contributed by atoms with Crippen LogP contribution in [0.15, 0.2) is 72.9 Å². The SMILES string of the molecule is C=C(C)C(=O)OC1(C(C)C)C2CC3CC(C2)CC1C3.C=C(C)C(=O)OC1(CC)C2CC3CC(C2)CC1C3.C=C(C)C(=O)OC1(CC)CCCC1.C=C(C)C(=O)OC1(CC)CCCCC1.C=C(C)C(=O)OC12CC3CC(CC(O)(C3)C1)C2.C=C(C)C(=O)OC12CC3CC(O)(CC(O)(C3)C1)C2. The van der Waals surface area contributed by atoms with Crippen LogP contribution in [0.3, 0.4) is 0 Å². The van der Waals surface area contributed by atoms with Crippen LogP contribution in [0, 0.1) is 71.0 Å².